The van der Waals surface area contributed by atoms with E-state index in [1.54, 1.807) is 0 Å². The minimum Gasteiger partial charge on any atom is -0.313 e. The van der Waals surface area contributed by atoms with Gasteiger partial charge in [-0.1, -0.05) is 140 Å². The van der Waals surface area contributed by atoms with Crippen molar-refractivity contribution in [3.63, 3.8) is 0 Å². The number of allylic oxidation sites excluding steroid dienone is 4. The van der Waals surface area contributed by atoms with Gasteiger partial charge in [0.25, 0.3) is 0 Å². The molecule has 2 heterocycles. The lowest BCUT2D eigenvalue weighted by atomic mass is 9.76. The van der Waals surface area contributed by atoms with Gasteiger partial charge < -0.3 is 9.13 Å². The summed E-state index contributed by atoms with van der Waals surface area (Å²) in [6.45, 7) is 2.34. The van der Waals surface area contributed by atoms with Gasteiger partial charge in [0, 0.05) is 44.8 Å². The van der Waals surface area contributed by atoms with Crippen molar-refractivity contribution in [3.05, 3.63) is 199 Å². The molecule has 2 heteroatoms. The van der Waals surface area contributed by atoms with Crippen molar-refractivity contribution in [3.8, 4) is 16.8 Å². The molecule has 0 saturated carbocycles. The van der Waals surface area contributed by atoms with Gasteiger partial charge in [-0.25, -0.2) is 0 Å². The normalized spacial score (nSPS) is 16.1. The van der Waals surface area contributed by atoms with Crippen LogP contribution in [0, 0.1) is 5.92 Å². The zero-order valence-corrected chi connectivity index (χ0v) is 29.2. The molecular formula is C50H38N2. The molecule has 0 aliphatic heterocycles. The minimum atomic E-state index is 0.265. The second kappa shape index (κ2) is 12.4. The van der Waals surface area contributed by atoms with E-state index in [9.17, 15) is 0 Å². The van der Waals surface area contributed by atoms with E-state index in [-0.39, 0.29) is 5.92 Å². The Morgan fingerprint density at radius 2 is 0.942 bits per heavy atom. The molecule has 0 spiro atoms. The van der Waals surface area contributed by atoms with Crippen LogP contribution < -0.4 is 0 Å². The van der Waals surface area contributed by atoms with Crippen molar-refractivity contribution < 1.29 is 0 Å². The summed E-state index contributed by atoms with van der Waals surface area (Å²) in [5.74, 6) is 0.583. The Balaban J connectivity index is 1.16. The molecule has 0 saturated heterocycles. The first kappa shape index (κ1) is 30.4. The first-order valence-corrected chi connectivity index (χ1v) is 18.4. The van der Waals surface area contributed by atoms with Crippen LogP contribution in [0.1, 0.15) is 30.4 Å². The fraction of sp³-hybridized carbons (Fsp3) is 0.0800. The Morgan fingerprint density at radius 3 is 1.56 bits per heavy atom. The van der Waals surface area contributed by atoms with Gasteiger partial charge in [0.05, 0.1) is 22.1 Å². The first-order valence-electron chi connectivity index (χ1n) is 18.4. The van der Waals surface area contributed by atoms with E-state index in [0.717, 1.165) is 6.42 Å². The average Bonchev–Trinajstić information content (AvgIpc) is 3.73. The van der Waals surface area contributed by atoms with E-state index in [4.69, 9.17) is 0 Å². The summed E-state index contributed by atoms with van der Waals surface area (Å²) >= 11 is 0. The third-order valence-corrected chi connectivity index (χ3v) is 11.2. The number of para-hydroxylation sites is 3. The van der Waals surface area contributed by atoms with E-state index in [1.807, 2.05) is 0 Å². The number of nitrogens with zero attached hydrogens (tertiary/aromatic N) is 2. The number of benzene rings is 7. The molecule has 0 radical (unpaired) electrons. The monoisotopic (exact) mass is 666 g/mol. The molecular weight excluding hydrogens is 629 g/mol. The van der Waals surface area contributed by atoms with Crippen LogP contribution in [-0.2, 0) is 0 Å². The number of rotatable bonds is 6. The zero-order chi connectivity index (χ0) is 34.6. The van der Waals surface area contributed by atoms with Crippen molar-refractivity contribution >= 4 is 54.9 Å². The lowest BCUT2D eigenvalue weighted by Crippen LogP contribution is -2.20. The van der Waals surface area contributed by atoms with Gasteiger partial charge in [0.2, 0.25) is 0 Å². The molecule has 1 aliphatic carbocycles. The molecule has 0 fully saturated rings. The van der Waals surface area contributed by atoms with Crippen molar-refractivity contribution in [1.29, 1.82) is 0 Å². The molecule has 1 aliphatic rings. The summed E-state index contributed by atoms with van der Waals surface area (Å²) < 4.78 is 4.94. The van der Waals surface area contributed by atoms with Gasteiger partial charge in [-0.15, -0.1) is 0 Å². The summed E-state index contributed by atoms with van der Waals surface area (Å²) in [4.78, 5) is 0. The molecule has 52 heavy (non-hydrogen) atoms. The van der Waals surface area contributed by atoms with Gasteiger partial charge >= 0.3 is 0 Å². The summed E-state index contributed by atoms with van der Waals surface area (Å²) in [5.41, 5.74) is 13.8. The number of hydrogen-bond donors (Lipinski definition) is 0. The summed E-state index contributed by atoms with van der Waals surface area (Å²) in [7, 11) is 0. The Bertz CT molecular complexity index is 2820. The van der Waals surface area contributed by atoms with Crippen LogP contribution in [0.5, 0.6) is 0 Å². The van der Waals surface area contributed by atoms with Gasteiger partial charge in [-0.2, -0.15) is 0 Å². The highest BCUT2D eigenvalue weighted by atomic mass is 15.0. The fourth-order valence-corrected chi connectivity index (χ4v) is 8.75. The number of fused-ring (bicyclic) bond motifs is 6. The van der Waals surface area contributed by atoms with Crippen LogP contribution >= 0.6 is 0 Å². The van der Waals surface area contributed by atoms with E-state index in [0.29, 0.717) is 5.92 Å². The number of aromatic nitrogens is 2. The molecule has 2 nitrogen and oxygen atoms in total. The molecule has 2 aromatic heterocycles. The second-order valence-corrected chi connectivity index (χ2v) is 14.0. The van der Waals surface area contributed by atoms with E-state index in [1.165, 1.54) is 82.8 Å². The topological polar surface area (TPSA) is 9.86 Å². The van der Waals surface area contributed by atoms with E-state index >= 15 is 0 Å². The van der Waals surface area contributed by atoms with Gasteiger partial charge in [-0.05, 0) is 88.9 Å². The second-order valence-electron chi connectivity index (χ2n) is 14.0. The molecule has 0 N–H and O–H groups in total. The van der Waals surface area contributed by atoms with Crippen LogP contribution in [0.3, 0.4) is 0 Å². The average molecular weight is 667 g/mol. The molecule has 0 bridgehead atoms. The first-order chi connectivity index (χ1) is 25.8. The smallest absolute Gasteiger partial charge is 0.0541 e. The van der Waals surface area contributed by atoms with Gasteiger partial charge in [0.1, 0.15) is 0 Å². The lowest BCUT2D eigenvalue weighted by molar-refractivity contribution is 0.560. The predicted octanol–water partition coefficient (Wildman–Crippen LogP) is 13.3. The van der Waals surface area contributed by atoms with Crippen LogP contribution in [0.25, 0.3) is 71.7 Å². The molecule has 10 rings (SSSR count). The maximum absolute atomic E-state index is 2.56. The van der Waals surface area contributed by atoms with Crippen LogP contribution in [0.4, 0.5) is 0 Å². The predicted molar refractivity (Wildman–Crippen MR) is 221 cm³/mol. The molecule has 7 aromatic carbocycles. The zero-order valence-electron chi connectivity index (χ0n) is 29.2. The van der Waals surface area contributed by atoms with E-state index < -0.39 is 0 Å². The number of hydrogen-bond acceptors (Lipinski definition) is 0. The van der Waals surface area contributed by atoms with Gasteiger partial charge in [0.15, 0.2) is 0 Å². The Morgan fingerprint density at radius 1 is 0.442 bits per heavy atom. The highest BCUT2D eigenvalue weighted by Crippen LogP contribution is 2.46. The van der Waals surface area contributed by atoms with Crippen molar-refractivity contribution in [2.45, 2.75) is 19.3 Å². The molecule has 0 amide bonds. The minimum absolute atomic E-state index is 0.265. The summed E-state index contributed by atoms with van der Waals surface area (Å²) in [6, 6.07) is 64.4. The van der Waals surface area contributed by atoms with E-state index in [2.05, 4.69) is 204 Å². The third kappa shape index (κ3) is 4.86. The Hall–Kier alpha value is -6.38. The lowest BCUT2D eigenvalue weighted by Gasteiger charge is -2.33. The standard InChI is InChI=1S/C50H38N2/c1-2-40-43(35-18-8-4-9-19-35)32-38(34-16-6-3-7-17-34)33-50(40)52-47-25-15-13-23-42(47)45-31-37(27-29-49(45)52)36-26-28-48-44(30-36)41-22-12-14-24-46(41)51(48)39-20-10-5-11-21-39/h3-33,40,43H,2H2,1H3. The summed E-state index contributed by atoms with van der Waals surface area (Å²) in [5, 5.41) is 5.10. The summed E-state index contributed by atoms with van der Waals surface area (Å²) in [6.07, 6.45) is 5.99. The highest BCUT2D eigenvalue weighted by molar-refractivity contribution is 6.13. The van der Waals surface area contributed by atoms with Crippen molar-refractivity contribution in [1.82, 2.24) is 9.13 Å². The Labute approximate surface area is 304 Å². The van der Waals surface area contributed by atoms with Crippen molar-refractivity contribution in [2.24, 2.45) is 5.92 Å². The Kier molecular flexibility index (Phi) is 7.28. The maximum atomic E-state index is 2.56. The van der Waals surface area contributed by atoms with Crippen LogP contribution in [0.2, 0.25) is 0 Å². The van der Waals surface area contributed by atoms with Crippen LogP contribution in [0.15, 0.2) is 188 Å². The largest absolute Gasteiger partial charge is 0.313 e. The third-order valence-electron chi connectivity index (χ3n) is 11.2. The fourth-order valence-electron chi connectivity index (χ4n) is 8.75. The highest BCUT2D eigenvalue weighted by Gasteiger charge is 2.31. The molecule has 2 unspecified atom stereocenters. The quantitative estimate of drug-likeness (QED) is 0.167. The van der Waals surface area contributed by atoms with Crippen LogP contribution in [-0.4, -0.2) is 9.13 Å². The maximum Gasteiger partial charge on any atom is 0.0541 e. The molecule has 9 aromatic rings. The molecule has 248 valence electrons. The van der Waals surface area contributed by atoms with Crippen molar-refractivity contribution in [2.75, 3.05) is 0 Å². The SMILES string of the molecule is CCC1C(n2c3ccccc3c3cc(-c4ccc5c(c4)c4ccccc4n5-c4ccccc4)ccc32)=CC(c2ccccc2)=CC1c1ccccc1. The van der Waals surface area contributed by atoms with Gasteiger partial charge in [-0.3, -0.25) is 0 Å². The molecule has 2 atom stereocenters.